The average Bonchev–Trinajstić information content (AvgIpc) is 2.87. The summed E-state index contributed by atoms with van der Waals surface area (Å²) in [7, 11) is 0. The highest BCUT2D eigenvalue weighted by Crippen LogP contribution is 2.21. The molecule has 2 aromatic rings. The maximum atomic E-state index is 12.3. The Kier molecular flexibility index (Phi) is 2.57. The number of rotatable bonds is 1. The Labute approximate surface area is 99.2 Å². The molecule has 1 amide bonds. The number of carbonyl (C=O) groups excluding carboxylic acids is 1. The van der Waals surface area contributed by atoms with Crippen LogP contribution in [0.2, 0.25) is 0 Å². The number of nitrogens with one attached hydrogen (secondary N) is 1. The van der Waals surface area contributed by atoms with Crippen molar-refractivity contribution in [2.24, 2.45) is 0 Å². The Morgan fingerprint density at radius 3 is 2.88 bits per heavy atom. The number of benzene rings is 1. The van der Waals surface area contributed by atoms with Gasteiger partial charge in [0.2, 0.25) is 0 Å². The molecule has 1 fully saturated rings. The minimum atomic E-state index is 0.0621. The molecule has 17 heavy (non-hydrogen) atoms. The lowest BCUT2D eigenvalue weighted by atomic mass is 10.1. The van der Waals surface area contributed by atoms with Gasteiger partial charge in [0.25, 0.3) is 5.91 Å². The summed E-state index contributed by atoms with van der Waals surface area (Å²) < 4.78 is 5.40. The third-order valence-corrected chi connectivity index (χ3v) is 3.11. The van der Waals surface area contributed by atoms with Gasteiger partial charge < -0.3 is 14.6 Å². The number of furan rings is 1. The van der Waals surface area contributed by atoms with Crippen LogP contribution < -0.4 is 5.32 Å². The van der Waals surface area contributed by atoms with Gasteiger partial charge in [0.1, 0.15) is 5.58 Å². The largest absolute Gasteiger partial charge is 0.464 e. The molecule has 2 heterocycles. The number of nitrogens with zero attached hydrogens (tertiary/aromatic N) is 1. The van der Waals surface area contributed by atoms with Crippen molar-refractivity contribution in [3.8, 4) is 0 Å². The highest BCUT2D eigenvalue weighted by Gasteiger charge is 2.20. The van der Waals surface area contributed by atoms with E-state index in [2.05, 4.69) is 5.32 Å². The van der Waals surface area contributed by atoms with E-state index in [1.54, 1.807) is 6.26 Å². The van der Waals surface area contributed by atoms with Crippen LogP contribution in [0, 0.1) is 0 Å². The van der Waals surface area contributed by atoms with Crippen molar-refractivity contribution in [1.82, 2.24) is 10.2 Å². The normalized spacial score (nSPS) is 16.4. The lowest BCUT2D eigenvalue weighted by Crippen LogP contribution is -2.46. The molecule has 1 N–H and O–H groups in total. The first-order valence-corrected chi connectivity index (χ1v) is 5.82. The zero-order chi connectivity index (χ0) is 11.7. The van der Waals surface area contributed by atoms with Crippen LogP contribution >= 0.6 is 0 Å². The van der Waals surface area contributed by atoms with E-state index in [1.807, 2.05) is 29.2 Å². The van der Waals surface area contributed by atoms with Gasteiger partial charge in [0.05, 0.1) is 11.8 Å². The van der Waals surface area contributed by atoms with Gasteiger partial charge in [-0.1, -0.05) is 12.1 Å². The molecule has 4 heteroatoms. The van der Waals surface area contributed by atoms with E-state index >= 15 is 0 Å². The Bertz CT molecular complexity index is 541. The molecule has 0 bridgehead atoms. The molecule has 3 rings (SSSR count). The predicted octanol–water partition coefficient (Wildman–Crippen LogP) is 1.48. The molecule has 1 aliphatic heterocycles. The van der Waals surface area contributed by atoms with E-state index in [4.69, 9.17) is 4.42 Å². The fraction of sp³-hybridized carbons (Fsp3) is 0.308. The Hall–Kier alpha value is -1.81. The lowest BCUT2D eigenvalue weighted by molar-refractivity contribution is 0.0736. The van der Waals surface area contributed by atoms with Gasteiger partial charge >= 0.3 is 0 Å². The van der Waals surface area contributed by atoms with Crippen LogP contribution in [0.1, 0.15) is 10.4 Å². The van der Waals surface area contributed by atoms with Crippen molar-refractivity contribution in [1.29, 1.82) is 0 Å². The predicted molar refractivity (Wildman–Crippen MR) is 65.0 cm³/mol. The molecular formula is C13H14N2O2. The Morgan fingerprint density at radius 2 is 2.06 bits per heavy atom. The van der Waals surface area contributed by atoms with Crippen LogP contribution in [0.3, 0.4) is 0 Å². The van der Waals surface area contributed by atoms with Crippen molar-refractivity contribution in [2.45, 2.75) is 0 Å². The fourth-order valence-electron chi connectivity index (χ4n) is 2.20. The number of hydrogen-bond donors (Lipinski definition) is 1. The summed E-state index contributed by atoms with van der Waals surface area (Å²) in [5.41, 5.74) is 1.35. The SMILES string of the molecule is O=C(c1cccc2ccoc12)N1CCNCC1. The molecule has 4 nitrogen and oxygen atoms in total. The monoisotopic (exact) mass is 230 g/mol. The topological polar surface area (TPSA) is 45.5 Å². The van der Waals surface area contributed by atoms with Crippen LogP contribution in [0.15, 0.2) is 34.9 Å². The van der Waals surface area contributed by atoms with E-state index in [0.29, 0.717) is 11.1 Å². The Balaban J connectivity index is 1.97. The third kappa shape index (κ3) is 1.80. The molecule has 1 saturated heterocycles. The summed E-state index contributed by atoms with van der Waals surface area (Å²) in [5, 5.41) is 4.21. The van der Waals surface area contributed by atoms with Crippen molar-refractivity contribution >= 4 is 16.9 Å². The molecule has 0 radical (unpaired) electrons. The van der Waals surface area contributed by atoms with E-state index in [0.717, 1.165) is 31.6 Å². The first-order valence-electron chi connectivity index (χ1n) is 5.82. The summed E-state index contributed by atoms with van der Waals surface area (Å²) in [6.07, 6.45) is 1.62. The van der Waals surface area contributed by atoms with E-state index in [9.17, 15) is 4.79 Å². The standard InChI is InChI=1S/C13H14N2O2/c16-13(15-7-5-14-6-8-15)11-3-1-2-10-4-9-17-12(10)11/h1-4,9,14H,5-8H2. The molecule has 1 aromatic carbocycles. The van der Waals surface area contributed by atoms with Crippen LogP contribution in [0.25, 0.3) is 11.0 Å². The second-order valence-electron chi connectivity index (χ2n) is 4.19. The first-order chi connectivity index (χ1) is 8.36. The molecule has 0 atom stereocenters. The highest BCUT2D eigenvalue weighted by atomic mass is 16.3. The second-order valence-corrected chi connectivity index (χ2v) is 4.19. The van der Waals surface area contributed by atoms with Gasteiger partial charge in [-0.05, 0) is 12.1 Å². The second kappa shape index (κ2) is 4.22. The zero-order valence-electron chi connectivity index (χ0n) is 9.48. The molecule has 0 unspecified atom stereocenters. The van der Waals surface area contributed by atoms with E-state index in [1.165, 1.54) is 0 Å². The van der Waals surface area contributed by atoms with Gasteiger partial charge in [0, 0.05) is 31.6 Å². The third-order valence-electron chi connectivity index (χ3n) is 3.11. The quantitative estimate of drug-likeness (QED) is 0.807. The van der Waals surface area contributed by atoms with Gasteiger partial charge in [-0.3, -0.25) is 4.79 Å². The molecule has 1 aliphatic rings. The number of amides is 1. The summed E-state index contributed by atoms with van der Waals surface area (Å²) in [5.74, 6) is 0.0621. The zero-order valence-corrected chi connectivity index (χ0v) is 9.48. The van der Waals surface area contributed by atoms with Crippen LogP contribution in [-0.2, 0) is 0 Å². The summed E-state index contributed by atoms with van der Waals surface area (Å²) in [6, 6.07) is 7.56. The molecule has 1 aromatic heterocycles. The molecule has 0 saturated carbocycles. The first kappa shape index (κ1) is 10.4. The number of hydrogen-bond acceptors (Lipinski definition) is 3. The maximum Gasteiger partial charge on any atom is 0.257 e. The Morgan fingerprint density at radius 1 is 1.24 bits per heavy atom. The van der Waals surface area contributed by atoms with Gasteiger partial charge in [-0.15, -0.1) is 0 Å². The maximum absolute atomic E-state index is 12.3. The van der Waals surface area contributed by atoms with Crippen LogP contribution in [0.5, 0.6) is 0 Å². The number of fused-ring (bicyclic) bond motifs is 1. The van der Waals surface area contributed by atoms with Crippen LogP contribution in [0.4, 0.5) is 0 Å². The summed E-state index contributed by atoms with van der Waals surface area (Å²) in [4.78, 5) is 14.2. The summed E-state index contributed by atoms with van der Waals surface area (Å²) in [6.45, 7) is 3.24. The van der Waals surface area contributed by atoms with Crippen molar-refractivity contribution < 1.29 is 9.21 Å². The lowest BCUT2D eigenvalue weighted by Gasteiger charge is -2.27. The smallest absolute Gasteiger partial charge is 0.257 e. The minimum Gasteiger partial charge on any atom is -0.464 e. The van der Waals surface area contributed by atoms with Crippen molar-refractivity contribution in [3.05, 3.63) is 36.1 Å². The highest BCUT2D eigenvalue weighted by molar-refractivity contribution is 6.04. The molecule has 0 aliphatic carbocycles. The minimum absolute atomic E-state index is 0.0621. The van der Waals surface area contributed by atoms with E-state index in [-0.39, 0.29) is 5.91 Å². The van der Waals surface area contributed by atoms with Gasteiger partial charge in [-0.2, -0.15) is 0 Å². The van der Waals surface area contributed by atoms with Crippen LogP contribution in [-0.4, -0.2) is 37.0 Å². The van der Waals surface area contributed by atoms with E-state index < -0.39 is 0 Å². The number of carbonyl (C=O) groups is 1. The van der Waals surface area contributed by atoms with Crippen molar-refractivity contribution in [3.63, 3.8) is 0 Å². The summed E-state index contributed by atoms with van der Waals surface area (Å²) >= 11 is 0. The average molecular weight is 230 g/mol. The fourth-order valence-corrected chi connectivity index (χ4v) is 2.20. The number of piperazine rings is 1. The number of para-hydroxylation sites is 1. The molecule has 0 spiro atoms. The van der Waals surface area contributed by atoms with Crippen molar-refractivity contribution in [2.75, 3.05) is 26.2 Å². The molecule has 88 valence electrons. The van der Waals surface area contributed by atoms with Gasteiger partial charge in [0.15, 0.2) is 0 Å². The van der Waals surface area contributed by atoms with Gasteiger partial charge in [-0.25, -0.2) is 0 Å². The molecular weight excluding hydrogens is 216 g/mol.